The zero-order valence-corrected chi connectivity index (χ0v) is 17.0. The Morgan fingerprint density at radius 2 is 1.86 bits per heavy atom. The van der Waals surface area contributed by atoms with Gasteiger partial charge < -0.3 is 19.8 Å². The molecule has 0 spiro atoms. The van der Waals surface area contributed by atoms with Gasteiger partial charge in [-0.15, -0.1) is 0 Å². The van der Waals surface area contributed by atoms with Gasteiger partial charge in [-0.3, -0.25) is 4.90 Å². The molecule has 0 saturated carbocycles. The number of nitrogens with one attached hydrogen (secondary N) is 2. The van der Waals surface area contributed by atoms with Crippen molar-refractivity contribution in [2.24, 2.45) is 0 Å². The third-order valence-electron chi connectivity index (χ3n) is 5.27. The van der Waals surface area contributed by atoms with Crippen molar-refractivity contribution in [2.45, 2.75) is 39.3 Å². The lowest BCUT2D eigenvalue weighted by atomic mass is 10.1. The molecule has 1 fully saturated rings. The van der Waals surface area contributed by atoms with Crippen LogP contribution < -0.4 is 10.6 Å². The first kappa shape index (κ1) is 20.4. The van der Waals surface area contributed by atoms with E-state index in [1.165, 1.54) is 5.56 Å². The lowest BCUT2D eigenvalue weighted by Gasteiger charge is -2.33. The minimum absolute atomic E-state index is 0.00231. The minimum atomic E-state index is -0.173. The molecule has 1 saturated heterocycles. The van der Waals surface area contributed by atoms with Gasteiger partial charge in [0, 0.05) is 19.6 Å². The molecule has 6 nitrogen and oxygen atoms in total. The van der Waals surface area contributed by atoms with Crippen LogP contribution in [0.2, 0.25) is 0 Å². The Bertz CT molecular complexity index is 751. The van der Waals surface area contributed by atoms with Crippen molar-refractivity contribution in [3.8, 4) is 0 Å². The maximum Gasteiger partial charge on any atom is 0.315 e. The molecule has 0 radical (unpaired) electrons. The highest BCUT2D eigenvalue weighted by Gasteiger charge is 2.25. The largest absolute Gasteiger partial charge is 0.465 e. The average molecular weight is 386 g/mol. The van der Waals surface area contributed by atoms with Crippen LogP contribution in [0.1, 0.15) is 48.6 Å². The van der Waals surface area contributed by atoms with E-state index < -0.39 is 0 Å². The Morgan fingerprint density at radius 3 is 2.46 bits per heavy atom. The van der Waals surface area contributed by atoms with Crippen LogP contribution in [-0.4, -0.2) is 43.8 Å². The predicted molar refractivity (Wildman–Crippen MR) is 109 cm³/mol. The van der Waals surface area contributed by atoms with Crippen LogP contribution in [-0.2, 0) is 11.2 Å². The summed E-state index contributed by atoms with van der Waals surface area (Å²) in [7, 11) is 0. The Hall–Kier alpha value is -2.31. The molecule has 6 heteroatoms. The minimum Gasteiger partial charge on any atom is -0.465 e. The number of carbonyl (C=O) groups is 1. The van der Waals surface area contributed by atoms with E-state index in [0.717, 1.165) is 36.6 Å². The van der Waals surface area contributed by atoms with Gasteiger partial charge in [-0.2, -0.15) is 0 Å². The molecule has 2 amide bonds. The van der Waals surface area contributed by atoms with Crippen molar-refractivity contribution in [2.75, 3.05) is 32.8 Å². The van der Waals surface area contributed by atoms with Crippen molar-refractivity contribution in [3.05, 3.63) is 59.0 Å². The Balaban J connectivity index is 1.57. The molecule has 1 aliphatic heterocycles. The van der Waals surface area contributed by atoms with E-state index >= 15 is 0 Å². The maximum atomic E-state index is 12.5. The molecule has 2 N–H and O–H groups in total. The first-order valence-corrected chi connectivity index (χ1v) is 10.1. The Labute approximate surface area is 167 Å². The summed E-state index contributed by atoms with van der Waals surface area (Å²) in [6.07, 6.45) is 1.01. The standard InChI is InChI=1S/C22H31N3O3/c1-4-18-6-8-19(9-7-18)17(3)24-22(26)23-15-20(21-10-5-16(2)28-21)25-11-13-27-14-12-25/h5-10,17,20H,4,11-15H2,1-3H3,(H2,23,24,26). The van der Waals surface area contributed by atoms with Crippen molar-refractivity contribution >= 4 is 6.03 Å². The van der Waals surface area contributed by atoms with E-state index in [2.05, 4.69) is 46.7 Å². The summed E-state index contributed by atoms with van der Waals surface area (Å²) in [6, 6.07) is 12.1. The number of furan rings is 1. The number of nitrogens with zero attached hydrogens (tertiary/aromatic N) is 1. The summed E-state index contributed by atoms with van der Waals surface area (Å²) in [5, 5.41) is 6.04. The first-order chi connectivity index (χ1) is 13.6. The maximum absolute atomic E-state index is 12.5. The average Bonchev–Trinajstić information content (AvgIpc) is 3.15. The SMILES string of the molecule is CCc1ccc(C(C)NC(=O)NCC(c2ccc(C)o2)N2CCOCC2)cc1. The van der Waals surface area contributed by atoms with Crippen LogP contribution >= 0.6 is 0 Å². The summed E-state index contributed by atoms with van der Waals surface area (Å²) in [6.45, 7) is 9.61. The molecular formula is C22H31N3O3. The zero-order valence-electron chi connectivity index (χ0n) is 17.0. The molecular weight excluding hydrogens is 354 g/mol. The fraction of sp³-hybridized carbons (Fsp3) is 0.500. The van der Waals surface area contributed by atoms with Crippen LogP contribution in [0.15, 0.2) is 40.8 Å². The number of carbonyl (C=O) groups excluding carboxylic acids is 1. The van der Waals surface area contributed by atoms with E-state index in [4.69, 9.17) is 9.15 Å². The van der Waals surface area contributed by atoms with Crippen LogP contribution in [0, 0.1) is 6.92 Å². The predicted octanol–water partition coefficient (Wildman–Crippen LogP) is 3.58. The summed E-state index contributed by atoms with van der Waals surface area (Å²) in [5.41, 5.74) is 2.39. The highest BCUT2D eigenvalue weighted by atomic mass is 16.5. The van der Waals surface area contributed by atoms with Crippen LogP contribution in [0.25, 0.3) is 0 Å². The van der Waals surface area contributed by atoms with E-state index in [1.54, 1.807) is 0 Å². The molecule has 3 rings (SSSR count). The second-order valence-corrected chi connectivity index (χ2v) is 7.28. The monoisotopic (exact) mass is 385 g/mol. The second-order valence-electron chi connectivity index (χ2n) is 7.28. The number of rotatable bonds is 7. The van der Waals surface area contributed by atoms with Gasteiger partial charge in [0.1, 0.15) is 11.5 Å². The highest BCUT2D eigenvalue weighted by molar-refractivity contribution is 5.74. The molecule has 1 aromatic heterocycles. The molecule has 152 valence electrons. The van der Waals surface area contributed by atoms with Crippen molar-refractivity contribution < 1.29 is 13.9 Å². The lowest BCUT2D eigenvalue weighted by molar-refractivity contribution is 0.0121. The van der Waals surface area contributed by atoms with Gasteiger partial charge in [0.15, 0.2) is 0 Å². The molecule has 1 aliphatic rings. The number of hydrogen-bond acceptors (Lipinski definition) is 4. The van der Waals surface area contributed by atoms with Crippen LogP contribution in [0.3, 0.4) is 0 Å². The number of ether oxygens (including phenoxy) is 1. The summed E-state index contributed by atoms with van der Waals surface area (Å²) >= 11 is 0. The third-order valence-corrected chi connectivity index (χ3v) is 5.27. The molecule has 2 aromatic rings. The first-order valence-electron chi connectivity index (χ1n) is 10.1. The number of benzene rings is 1. The van der Waals surface area contributed by atoms with E-state index in [1.807, 2.05) is 26.0 Å². The zero-order chi connectivity index (χ0) is 19.9. The summed E-state index contributed by atoms with van der Waals surface area (Å²) < 4.78 is 11.3. The fourth-order valence-electron chi connectivity index (χ4n) is 3.49. The quantitative estimate of drug-likeness (QED) is 0.764. The van der Waals surface area contributed by atoms with Gasteiger partial charge in [0.05, 0.1) is 25.3 Å². The molecule has 1 aromatic carbocycles. The molecule has 2 unspecified atom stereocenters. The number of urea groups is 1. The van der Waals surface area contributed by atoms with Crippen molar-refractivity contribution in [3.63, 3.8) is 0 Å². The van der Waals surface area contributed by atoms with Gasteiger partial charge in [-0.1, -0.05) is 31.2 Å². The van der Waals surface area contributed by atoms with E-state index in [9.17, 15) is 4.79 Å². The third kappa shape index (κ3) is 5.36. The topological polar surface area (TPSA) is 66.7 Å². The second kappa shape index (κ2) is 9.75. The number of morpholine rings is 1. The summed E-state index contributed by atoms with van der Waals surface area (Å²) in [4.78, 5) is 14.8. The van der Waals surface area contributed by atoms with Crippen LogP contribution in [0.4, 0.5) is 4.79 Å². The van der Waals surface area contributed by atoms with Gasteiger partial charge in [0.25, 0.3) is 0 Å². The molecule has 0 aliphatic carbocycles. The van der Waals surface area contributed by atoms with Crippen molar-refractivity contribution in [1.29, 1.82) is 0 Å². The fourth-order valence-corrected chi connectivity index (χ4v) is 3.49. The van der Waals surface area contributed by atoms with Crippen LogP contribution in [0.5, 0.6) is 0 Å². The summed E-state index contributed by atoms with van der Waals surface area (Å²) in [5.74, 6) is 1.75. The van der Waals surface area contributed by atoms with Gasteiger partial charge in [-0.05, 0) is 43.5 Å². The molecule has 2 heterocycles. The van der Waals surface area contributed by atoms with Gasteiger partial charge >= 0.3 is 6.03 Å². The van der Waals surface area contributed by atoms with E-state index in [-0.39, 0.29) is 18.1 Å². The van der Waals surface area contributed by atoms with Gasteiger partial charge in [-0.25, -0.2) is 4.79 Å². The molecule has 0 bridgehead atoms. The number of hydrogen-bond donors (Lipinski definition) is 2. The lowest BCUT2D eigenvalue weighted by Crippen LogP contribution is -2.46. The highest BCUT2D eigenvalue weighted by Crippen LogP contribution is 2.23. The smallest absolute Gasteiger partial charge is 0.315 e. The van der Waals surface area contributed by atoms with Gasteiger partial charge in [0.2, 0.25) is 0 Å². The Kier molecular flexibility index (Phi) is 7.12. The number of aryl methyl sites for hydroxylation is 2. The van der Waals surface area contributed by atoms with E-state index in [0.29, 0.717) is 19.8 Å². The molecule has 28 heavy (non-hydrogen) atoms. The normalized spacial score (nSPS) is 17.1. The number of amides is 2. The molecule has 2 atom stereocenters. The van der Waals surface area contributed by atoms with Crippen molar-refractivity contribution in [1.82, 2.24) is 15.5 Å². The Morgan fingerprint density at radius 1 is 1.14 bits per heavy atom.